The second kappa shape index (κ2) is 57.2. The summed E-state index contributed by atoms with van der Waals surface area (Å²) in [6.45, 7) is 0. The number of hydrogen-bond donors (Lipinski definition) is 0. The first kappa shape index (κ1) is 8.82. The van der Waals surface area contributed by atoms with Crippen molar-refractivity contribution in [3.05, 3.63) is 0 Å². The fourth-order valence-corrected chi connectivity index (χ4v) is 0. The molecule has 0 atom stereocenters. The van der Waals surface area contributed by atoms with Gasteiger partial charge in [-0.2, -0.15) is 8.42 Å². The summed E-state index contributed by atoms with van der Waals surface area (Å²) in [7, 11) is 0. The second-order valence-electron chi connectivity index (χ2n) is 0.0680. The molecule has 0 bridgehead atoms. The maximum absolute atomic E-state index is 8.29. The van der Waals surface area contributed by atoms with Gasteiger partial charge in [0.1, 0.15) is 0 Å². The van der Waals surface area contributed by atoms with Gasteiger partial charge >= 0.3 is 11.6 Å². The van der Waals surface area contributed by atoms with E-state index in [1.807, 2.05) is 0 Å². The topological polar surface area (TPSA) is 34.1 Å². The van der Waals surface area contributed by atoms with Crippen molar-refractivity contribution in [3.63, 3.8) is 0 Å². The van der Waals surface area contributed by atoms with Crippen LogP contribution in [-0.4, -0.2) is 8.42 Å². The van der Waals surface area contributed by atoms with Crippen LogP contribution in [0.4, 0.5) is 9.15 Å². The molecule has 0 rings (SSSR count). The number of rotatable bonds is 0. The summed E-state index contributed by atoms with van der Waals surface area (Å²) >= 11 is -0.750. The van der Waals surface area contributed by atoms with Gasteiger partial charge in [-0.3, -0.25) is 0 Å². The first-order chi connectivity index (χ1) is 2.41. The van der Waals surface area contributed by atoms with Crippen LogP contribution in [0.15, 0.2) is 0 Å². The Morgan fingerprint density at radius 2 is 1.20 bits per heavy atom. The molecule has 0 aromatic heterocycles. The first-order valence-electron chi connectivity index (χ1n) is 0.476. The highest BCUT2D eigenvalue weighted by Crippen LogP contribution is 1.42. The molecule has 0 fully saturated rings. The maximum atomic E-state index is 8.29. The molecule has 0 aliphatic carbocycles. The third-order valence-electron chi connectivity index (χ3n) is 0. The van der Waals surface area contributed by atoms with Crippen molar-refractivity contribution in [2.45, 2.75) is 0 Å². The molecule has 0 saturated carbocycles. The summed E-state index contributed by atoms with van der Waals surface area (Å²) in [5, 5.41) is 0. The number of halogens is 2. The molecular weight excluding hydrogens is 102 g/mol. The van der Waals surface area contributed by atoms with E-state index in [0.717, 1.165) is 0 Å². The van der Waals surface area contributed by atoms with E-state index in [1.165, 1.54) is 0 Å². The fraction of sp³-hybridized carbons (Fsp3) is 0. The van der Waals surface area contributed by atoms with Gasteiger partial charge in [-0.05, 0) is 0 Å². The maximum Gasteiger partial charge on any atom is 0.335 e. The van der Waals surface area contributed by atoms with Gasteiger partial charge in [0.05, 0.1) is 0 Å². The molecule has 0 aliphatic heterocycles. The average Bonchev–Trinajstić information content (AvgIpc) is 1.46. The van der Waals surface area contributed by atoms with Crippen LogP contribution in [0.2, 0.25) is 0 Å². The molecule has 32 valence electrons. The van der Waals surface area contributed by atoms with E-state index in [-0.39, 0.29) is 0 Å². The van der Waals surface area contributed by atoms with E-state index in [4.69, 9.17) is 17.6 Å². The molecule has 0 aromatic carbocycles. The van der Waals surface area contributed by atoms with Crippen LogP contribution in [0.1, 0.15) is 0 Å². The van der Waals surface area contributed by atoms with Crippen molar-refractivity contribution in [3.8, 4) is 0 Å². The van der Waals surface area contributed by atoms with E-state index >= 15 is 0 Å². The van der Waals surface area contributed by atoms with Crippen molar-refractivity contribution < 1.29 is 17.6 Å². The Bertz CT molecular complexity index is 28.6. The van der Waals surface area contributed by atoms with Gasteiger partial charge < -0.3 is 0 Å². The molecule has 5 heavy (non-hydrogen) atoms. The largest absolute Gasteiger partial charge is 0.335 e. The van der Waals surface area contributed by atoms with Crippen LogP contribution in [-0.2, 0) is 11.6 Å². The van der Waals surface area contributed by atoms with Crippen LogP contribution < -0.4 is 0 Å². The minimum atomic E-state index is -0.750. The predicted octanol–water partition coefficient (Wildman–Crippen LogP) is 0.170. The first-order valence-corrected chi connectivity index (χ1v) is 1.14. The fourth-order valence-electron chi connectivity index (χ4n) is 0. The van der Waals surface area contributed by atoms with Gasteiger partial charge in [-0.15, -0.1) is 0 Å². The lowest BCUT2D eigenvalue weighted by atomic mass is 15.9. The molecule has 0 heterocycles. The monoisotopic (exact) mass is 102 g/mol. The van der Waals surface area contributed by atoms with E-state index < -0.39 is 11.6 Å². The molecular formula is F2O2S. The van der Waals surface area contributed by atoms with Crippen LogP contribution in [0.3, 0.4) is 0 Å². The van der Waals surface area contributed by atoms with Crippen LogP contribution >= 0.6 is 0 Å². The minimum absolute atomic E-state index is 0.750. The summed E-state index contributed by atoms with van der Waals surface area (Å²) in [5.41, 5.74) is 0. The third kappa shape index (κ3) is 101. The summed E-state index contributed by atoms with van der Waals surface area (Å²) < 4.78 is 32.6. The molecule has 0 unspecified atom stereocenters. The van der Waals surface area contributed by atoms with Crippen molar-refractivity contribution in [1.82, 2.24) is 0 Å². The Hall–Kier alpha value is -0.320. The van der Waals surface area contributed by atoms with Gasteiger partial charge in [-0.25, -0.2) is 0 Å². The zero-order valence-electron chi connectivity index (χ0n) is 1.98. The highest BCUT2D eigenvalue weighted by Gasteiger charge is 1.12. The molecule has 0 radical (unpaired) electrons. The summed E-state index contributed by atoms with van der Waals surface area (Å²) in [5.74, 6) is 0. The molecule has 0 spiro atoms. The molecule has 0 saturated heterocycles. The summed E-state index contributed by atoms with van der Waals surface area (Å²) in [6.07, 6.45) is 0. The average molecular weight is 102 g/mol. The normalized spacial score (nSPS) is 3.60. The standard InChI is InChI=1S/F2.O2S/c1-2;1-3-2. The quantitative estimate of drug-likeness (QED) is 0.437. The van der Waals surface area contributed by atoms with Gasteiger partial charge in [0, 0.05) is 9.15 Å². The van der Waals surface area contributed by atoms with Gasteiger partial charge in [0.2, 0.25) is 0 Å². The predicted molar refractivity (Wildman–Crippen MR) is 11.1 cm³/mol. The lowest BCUT2D eigenvalue weighted by molar-refractivity contribution is 0.108. The Morgan fingerprint density at radius 3 is 1.20 bits per heavy atom. The highest BCUT2D eigenvalue weighted by atomic mass is 32.1. The molecule has 0 aromatic rings. The van der Waals surface area contributed by atoms with Gasteiger partial charge in [-0.1, -0.05) is 0 Å². The van der Waals surface area contributed by atoms with E-state index in [9.17, 15) is 0 Å². The van der Waals surface area contributed by atoms with Crippen LogP contribution in [0.25, 0.3) is 0 Å². The third-order valence-corrected chi connectivity index (χ3v) is 0. The van der Waals surface area contributed by atoms with E-state index in [1.54, 1.807) is 0 Å². The van der Waals surface area contributed by atoms with E-state index in [0.29, 0.717) is 0 Å². The molecule has 0 amide bonds. The molecule has 2 nitrogen and oxygen atoms in total. The number of hydrogen-bond acceptors (Lipinski definition) is 2. The lowest BCUT2D eigenvalue weighted by Gasteiger charge is -1.00. The minimum Gasteiger partial charge on any atom is -0.168 e. The van der Waals surface area contributed by atoms with Crippen molar-refractivity contribution in [2.75, 3.05) is 0 Å². The van der Waals surface area contributed by atoms with Crippen LogP contribution in [0.5, 0.6) is 0 Å². The smallest absolute Gasteiger partial charge is 0.168 e. The van der Waals surface area contributed by atoms with Crippen molar-refractivity contribution in [1.29, 1.82) is 0 Å². The Morgan fingerprint density at radius 1 is 1.20 bits per heavy atom. The summed E-state index contributed by atoms with van der Waals surface area (Å²) in [4.78, 5) is 0. The lowest BCUT2D eigenvalue weighted by Crippen LogP contribution is -1.18. The summed E-state index contributed by atoms with van der Waals surface area (Å²) in [6, 6.07) is 0. The molecule has 0 N–H and O–H groups in total. The highest BCUT2D eigenvalue weighted by molar-refractivity contribution is 7.51. The zero-order chi connectivity index (χ0) is 4.71. The molecule has 5 heteroatoms. The van der Waals surface area contributed by atoms with Gasteiger partial charge in [0.25, 0.3) is 0 Å². The second-order valence-corrected chi connectivity index (χ2v) is 0.204. The Balaban J connectivity index is 0. The van der Waals surface area contributed by atoms with Crippen molar-refractivity contribution in [2.24, 2.45) is 0 Å². The Labute approximate surface area is 30.3 Å². The zero-order valence-corrected chi connectivity index (χ0v) is 2.80. The van der Waals surface area contributed by atoms with Crippen molar-refractivity contribution >= 4 is 11.6 Å². The Kier molecular flexibility index (Phi) is 101. The van der Waals surface area contributed by atoms with E-state index in [2.05, 4.69) is 0 Å². The van der Waals surface area contributed by atoms with Gasteiger partial charge in [0.15, 0.2) is 0 Å². The SMILES string of the molecule is FF.O=S=O. The van der Waals surface area contributed by atoms with Crippen LogP contribution in [0, 0.1) is 0 Å². The molecule has 0 aliphatic rings.